The summed E-state index contributed by atoms with van der Waals surface area (Å²) in [6, 6.07) is 7.18. The van der Waals surface area contributed by atoms with Crippen LogP contribution in [0.4, 0.5) is 5.69 Å². The second-order valence-electron chi connectivity index (χ2n) is 5.58. The molecule has 4 N–H and O–H groups in total. The highest BCUT2D eigenvalue weighted by Gasteiger charge is 2.17. The molecule has 0 atom stereocenters. The van der Waals surface area contributed by atoms with E-state index in [1.165, 1.54) is 0 Å². The number of ether oxygens (including phenoxy) is 1. The molecule has 0 aromatic heterocycles. The summed E-state index contributed by atoms with van der Waals surface area (Å²) < 4.78 is 5.31. The minimum absolute atomic E-state index is 0.0294. The van der Waals surface area contributed by atoms with Crippen LogP contribution >= 0.6 is 0 Å². The fourth-order valence-corrected chi connectivity index (χ4v) is 1.46. The molecular formula is C15H23N3O2. The number of hydrogen-bond acceptors (Lipinski definition) is 4. The minimum Gasteiger partial charge on any atom is -0.491 e. The number of rotatable bonds is 6. The first-order valence-corrected chi connectivity index (χ1v) is 6.57. The highest BCUT2D eigenvalue weighted by molar-refractivity contribution is 6.04. The molecule has 0 unspecified atom stereocenters. The van der Waals surface area contributed by atoms with E-state index >= 15 is 0 Å². The second kappa shape index (κ2) is 7.05. The van der Waals surface area contributed by atoms with E-state index in [4.69, 9.17) is 21.0 Å². The van der Waals surface area contributed by atoms with Crippen LogP contribution in [0.1, 0.15) is 27.2 Å². The third-order valence-corrected chi connectivity index (χ3v) is 2.71. The van der Waals surface area contributed by atoms with Gasteiger partial charge in [-0.3, -0.25) is 0 Å². The molecule has 0 spiro atoms. The molecule has 1 aromatic carbocycles. The fourth-order valence-electron chi connectivity index (χ4n) is 1.46. The number of hydrogen-bond donors (Lipinski definition) is 3. The van der Waals surface area contributed by atoms with Crippen molar-refractivity contribution in [2.24, 2.45) is 16.1 Å². The van der Waals surface area contributed by atoms with Gasteiger partial charge in [0.15, 0.2) is 0 Å². The predicted octanol–water partition coefficient (Wildman–Crippen LogP) is 2.50. The first-order valence-electron chi connectivity index (χ1n) is 6.57. The minimum atomic E-state index is -0.202. The molecule has 0 aliphatic heterocycles. The molecule has 110 valence electrons. The summed E-state index contributed by atoms with van der Waals surface area (Å²) in [5.74, 6) is 1.04. The Bertz CT molecular complexity index is 490. The van der Waals surface area contributed by atoms with Gasteiger partial charge in [0.25, 0.3) is 0 Å². The second-order valence-corrected chi connectivity index (χ2v) is 5.58. The van der Waals surface area contributed by atoms with Gasteiger partial charge in [0.1, 0.15) is 18.2 Å². The molecule has 20 heavy (non-hydrogen) atoms. The smallest absolute Gasteiger partial charge is 0.121 e. The molecule has 0 aliphatic rings. The zero-order chi connectivity index (χ0) is 15.2. The molecule has 0 amide bonds. The van der Waals surface area contributed by atoms with E-state index in [0.717, 1.165) is 0 Å². The molecule has 0 saturated carbocycles. The Morgan fingerprint density at radius 1 is 1.40 bits per heavy atom. The lowest BCUT2D eigenvalue weighted by Crippen LogP contribution is -2.25. The zero-order valence-electron chi connectivity index (χ0n) is 12.3. The lowest BCUT2D eigenvalue weighted by Gasteiger charge is -2.19. The standard InChI is InChI=1S/C15H23N3O2/c1-15(2,3)13(16)10-14(17)18-11-5-4-6-12(9-11)20-8-7-19/h4-6,9,16,19H,7-8,10H2,1-3H3,(H2,17,18). The van der Waals surface area contributed by atoms with Gasteiger partial charge in [-0.1, -0.05) is 26.8 Å². The van der Waals surface area contributed by atoms with Crippen LogP contribution in [0.15, 0.2) is 29.3 Å². The van der Waals surface area contributed by atoms with Crippen molar-refractivity contribution in [2.75, 3.05) is 13.2 Å². The van der Waals surface area contributed by atoms with Crippen molar-refractivity contribution >= 4 is 17.2 Å². The van der Waals surface area contributed by atoms with Gasteiger partial charge >= 0.3 is 0 Å². The molecule has 0 bridgehead atoms. The largest absolute Gasteiger partial charge is 0.491 e. The van der Waals surface area contributed by atoms with Crippen molar-refractivity contribution in [1.29, 1.82) is 5.41 Å². The first kappa shape index (κ1) is 16.2. The van der Waals surface area contributed by atoms with Crippen molar-refractivity contribution in [2.45, 2.75) is 27.2 Å². The predicted molar refractivity (Wildman–Crippen MR) is 82.1 cm³/mol. The van der Waals surface area contributed by atoms with E-state index in [-0.39, 0.29) is 18.6 Å². The Labute approximate surface area is 120 Å². The first-order chi connectivity index (χ1) is 9.32. The van der Waals surface area contributed by atoms with E-state index in [0.29, 0.717) is 29.4 Å². The van der Waals surface area contributed by atoms with E-state index in [1.54, 1.807) is 12.1 Å². The highest BCUT2D eigenvalue weighted by Crippen LogP contribution is 2.21. The number of nitrogens with zero attached hydrogens (tertiary/aromatic N) is 1. The average Bonchev–Trinajstić information content (AvgIpc) is 2.35. The quantitative estimate of drug-likeness (QED) is 0.551. The maximum atomic E-state index is 8.72. The molecule has 0 aliphatic carbocycles. The summed E-state index contributed by atoms with van der Waals surface area (Å²) in [6.45, 7) is 6.15. The summed E-state index contributed by atoms with van der Waals surface area (Å²) in [7, 11) is 0. The van der Waals surface area contributed by atoms with E-state index < -0.39 is 0 Å². The van der Waals surface area contributed by atoms with Crippen LogP contribution in [-0.4, -0.2) is 29.9 Å². The van der Waals surface area contributed by atoms with Gasteiger partial charge in [0.2, 0.25) is 0 Å². The van der Waals surface area contributed by atoms with Crippen LogP contribution < -0.4 is 10.5 Å². The third kappa shape index (κ3) is 5.40. The van der Waals surface area contributed by atoms with E-state index in [2.05, 4.69) is 4.99 Å². The van der Waals surface area contributed by atoms with Gasteiger partial charge in [0.05, 0.1) is 12.3 Å². The summed E-state index contributed by atoms with van der Waals surface area (Å²) in [5.41, 5.74) is 6.91. The van der Waals surface area contributed by atoms with E-state index in [1.807, 2.05) is 32.9 Å². The molecule has 0 saturated heterocycles. The van der Waals surface area contributed by atoms with Crippen LogP contribution in [0.5, 0.6) is 5.75 Å². The van der Waals surface area contributed by atoms with Gasteiger partial charge in [-0.05, 0) is 17.5 Å². The molecule has 5 nitrogen and oxygen atoms in total. The van der Waals surface area contributed by atoms with Crippen LogP contribution in [0, 0.1) is 10.8 Å². The fraction of sp³-hybridized carbons (Fsp3) is 0.467. The van der Waals surface area contributed by atoms with Gasteiger partial charge in [-0.25, -0.2) is 4.99 Å². The van der Waals surface area contributed by atoms with Crippen molar-refractivity contribution < 1.29 is 9.84 Å². The summed E-state index contributed by atoms with van der Waals surface area (Å²) in [6.07, 6.45) is 0.352. The number of nitrogens with two attached hydrogens (primary N) is 1. The third-order valence-electron chi connectivity index (χ3n) is 2.71. The summed E-state index contributed by atoms with van der Waals surface area (Å²) in [4.78, 5) is 4.29. The molecule has 5 heteroatoms. The number of aliphatic imine (C=N–C) groups is 1. The lowest BCUT2D eigenvalue weighted by molar-refractivity contribution is 0.201. The van der Waals surface area contributed by atoms with Crippen molar-refractivity contribution in [1.82, 2.24) is 0 Å². The monoisotopic (exact) mass is 277 g/mol. The maximum Gasteiger partial charge on any atom is 0.121 e. The molecule has 0 heterocycles. The molecule has 1 aromatic rings. The van der Waals surface area contributed by atoms with Gasteiger partial charge < -0.3 is 21.0 Å². The number of aliphatic hydroxyl groups excluding tert-OH is 1. The Kier molecular flexibility index (Phi) is 5.70. The topological polar surface area (TPSA) is 91.7 Å². The average molecular weight is 277 g/mol. The van der Waals surface area contributed by atoms with Crippen molar-refractivity contribution in [3.8, 4) is 5.75 Å². The molecule has 0 fully saturated rings. The molecule has 1 rings (SSSR count). The number of amidine groups is 1. The molecular weight excluding hydrogens is 254 g/mol. The van der Waals surface area contributed by atoms with Crippen LogP contribution in [0.25, 0.3) is 0 Å². The Morgan fingerprint density at radius 2 is 2.10 bits per heavy atom. The number of benzene rings is 1. The van der Waals surface area contributed by atoms with E-state index in [9.17, 15) is 0 Å². The number of aliphatic hydroxyl groups is 1. The zero-order valence-corrected chi connectivity index (χ0v) is 12.3. The van der Waals surface area contributed by atoms with Gasteiger partial charge in [-0.15, -0.1) is 0 Å². The van der Waals surface area contributed by atoms with Crippen molar-refractivity contribution in [3.05, 3.63) is 24.3 Å². The lowest BCUT2D eigenvalue weighted by atomic mass is 9.88. The van der Waals surface area contributed by atoms with Crippen LogP contribution in [0.2, 0.25) is 0 Å². The Morgan fingerprint density at radius 3 is 2.70 bits per heavy atom. The highest BCUT2D eigenvalue weighted by atomic mass is 16.5. The van der Waals surface area contributed by atoms with Gasteiger partial charge in [-0.2, -0.15) is 0 Å². The van der Waals surface area contributed by atoms with Crippen LogP contribution in [-0.2, 0) is 0 Å². The maximum absolute atomic E-state index is 8.72. The SMILES string of the molecule is CC(C)(C)C(=N)CC(N)=Nc1cccc(OCCO)c1. The Balaban J connectivity index is 2.75. The van der Waals surface area contributed by atoms with Crippen LogP contribution in [0.3, 0.4) is 0 Å². The molecule has 0 radical (unpaired) electrons. The van der Waals surface area contributed by atoms with Gasteiger partial charge in [0, 0.05) is 18.2 Å². The normalized spacial score (nSPS) is 12.3. The Hall–Kier alpha value is -1.88. The summed E-state index contributed by atoms with van der Waals surface area (Å²) in [5, 5.41) is 16.7. The summed E-state index contributed by atoms with van der Waals surface area (Å²) >= 11 is 0. The van der Waals surface area contributed by atoms with Crippen molar-refractivity contribution in [3.63, 3.8) is 0 Å². The number of nitrogens with one attached hydrogen (secondary N) is 1.